The summed E-state index contributed by atoms with van der Waals surface area (Å²) in [4.78, 5) is 27.1. The topological polar surface area (TPSA) is 49.4 Å². The van der Waals surface area contributed by atoms with Crippen LogP contribution in [0.5, 0.6) is 0 Å². The molecule has 26 heavy (non-hydrogen) atoms. The Kier molecular flexibility index (Phi) is 6.28. The molecule has 1 aliphatic rings. The normalized spacial score (nSPS) is 17.0. The molecule has 1 unspecified atom stereocenters. The van der Waals surface area contributed by atoms with E-state index in [-0.39, 0.29) is 29.3 Å². The zero-order valence-electron chi connectivity index (χ0n) is 14.4. The second-order valence-corrected chi connectivity index (χ2v) is 7.27. The maximum Gasteiger partial charge on any atom is 0.232 e. The lowest BCUT2D eigenvalue weighted by molar-refractivity contribution is -0.132. The quantitative estimate of drug-likeness (QED) is 0.813. The van der Waals surface area contributed by atoms with Gasteiger partial charge in [-0.15, -0.1) is 11.8 Å². The second kappa shape index (κ2) is 8.85. The van der Waals surface area contributed by atoms with Crippen LogP contribution in [0.4, 0.5) is 10.1 Å². The van der Waals surface area contributed by atoms with Gasteiger partial charge < -0.3 is 10.2 Å². The standard InChI is InChI=1S/C20H21FN2O2S/c21-17-10-4-5-11-18(17)26-14-19(24)23-12-6-7-15(13-23)20(25)22-16-8-2-1-3-9-16/h1-5,8-11,15H,6-7,12-14H2,(H,22,25). The van der Waals surface area contributed by atoms with Gasteiger partial charge in [0, 0.05) is 23.7 Å². The third kappa shape index (κ3) is 4.85. The van der Waals surface area contributed by atoms with Gasteiger partial charge in [-0.2, -0.15) is 0 Å². The third-order valence-electron chi connectivity index (χ3n) is 4.37. The highest BCUT2D eigenvalue weighted by molar-refractivity contribution is 8.00. The Morgan fingerprint density at radius 2 is 1.85 bits per heavy atom. The van der Waals surface area contributed by atoms with Crippen LogP contribution in [0.3, 0.4) is 0 Å². The molecule has 0 radical (unpaired) electrons. The molecule has 1 heterocycles. The summed E-state index contributed by atoms with van der Waals surface area (Å²) >= 11 is 1.19. The van der Waals surface area contributed by atoms with Crippen molar-refractivity contribution in [1.82, 2.24) is 4.90 Å². The van der Waals surface area contributed by atoms with E-state index in [9.17, 15) is 14.0 Å². The predicted molar refractivity (Wildman–Crippen MR) is 101 cm³/mol. The van der Waals surface area contributed by atoms with Crippen LogP contribution in [-0.2, 0) is 9.59 Å². The van der Waals surface area contributed by atoms with Gasteiger partial charge in [0.1, 0.15) is 5.82 Å². The van der Waals surface area contributed by atoms with Gasteiger partial charge in [0.05, 0.1) is 11.7 Å². The van der Waals surface area contributed by atoms with E-state index < -0.39 is 0 Å². The van der Waals surface area contributed by atoms with Gasteiger partial charge in [-0.25, -0.2) is 4.39 Å². The van der Waals surface area contributed by atoms with Gasteiger partial charge in [-0.1, -0.05) is 30.3 Å². The highest BCUT2D eigenvalue weighted by atomic mass is 32.2. The Balaban J connectivity index is 1.53. The summed E-state index contributed by atoms with van der Waals surface area (Å²) in [6, 6.07) is 15.7. The van der Waals surface area contributed by atoms with Crippen molar-refractivity contribution in [3.05, 3.63) is 60.4 Å². The molecule has 0 aromatic heterocycles. The number of hydrogen-bond acceptors (Lipinski definition) is 3. The van der Waals surface area contributed by atoms with E-state index in [0.717, 1.165) is 18.5 Å². The van der Waals surface area contributed by atoms with Crippen LogP contribution in [0.1, 0.15) is 12.8 Å². The van der Waals surface area contributed by atoms with E-state index in [1.54, 1.807) is 23.1 Å². The van der Waals surface area contributed by atoms with E-state index in [0.29, 0.717) is 18.0 Å². The first-order valence-electron chi connectivity index (χ1n) is 8.64. The fraction of sp³-hybridized carbons (Fsp3) is 0.300. The Morgan fingerprint density at radius 3 is 2.62 bits per heavy atom. The van der Waals surface area contributed by atoms with Crippen molar-refractivity contribution in [2.24, 2.45) is 5.92 Å². The van der Waals surface area contributed by atoms with Crippen LogP contribution in [0.2, 0.25) is 0 Å². The number of thioether (sulfide) groups is 1. The monoisotopic (exact) mass is 372 g/mol. The number of benzene rings is 2. The van der Waals surface area contributed by atoms with Crippen LogP contribution in [-0.4, -0.2) is 35.6 Å². The smallest absolute Gasteiger partial charge is 0.232 e. The number of rotatable bonds is 5. The average Bonchev–Trinajstić information content (AvgIpc) is 2.68. The largest absolute Gasteiger partial charge is 0.341 e. The summed E-state index contributed by atoms with van der Waals surface area (Å²) in [5, 5.41) is 2.90. The molecule has 1 saturated heterocycles. The first-order chi connectivity index (χ1) is 12.6. The second-order valence-electron chi connectivity index (χ2n) is 6.25. The van der Waals surface area contributed by atoms with Gasteiger partial charge in [0.25, 0.3) is 0 Å². The lowest BCUT2D eigenvalue weighted by Gasteiger charge is -2.32. The Hall–Kier alpha value is -2.34. The van der Waals surface area contributed by atoms with E-state index in [4.69, 9.17) is 0 Å². The van der Waals surface area contributed by atoms with E-state index in [1.807, 2.05) is 30.3 Å². The summed E-state index contributed by atoms with van der Waals surface area (Å²) in [5.41, 5.74) is 0.760. The number of carbonyl (C=O) groups excluding carboxylic acids is 2. The Labute approximate surface area is 156 Å². The maximum atomic E-state index is 13.7. The van der Waals surface area contributed by atoms with E-state index in [1.165, 1.54) is 17.8 Å². The molecule has 1 N–H and O–H groups in total. The minimum atomic E-state index is -0.316. The van der Waals surface area contributed by atoms with Crippen LogP contribution < -0.4 is 5.32 Å². The minimum Gasteiger partial charge on any atom is -0.341 e. The number of piperidine rings is 1. The molecular formula is C20H21FN2O2S. The molecule has 0 bridgehead atoms. The molecule has 0 saturated carbocycles. The SMILES string of the molecule is O=C(Nc1ccccc1)C1CCCN(C(=O)CSc2ccccc2F)C1. The van der Waals surface area contributed by atoms with Crippen LogP contribution >= 0.6 is 11.8 Å². The van der Waals surface area contributed by atoms with Crippen molar-refractivity contribution in [3.63, 3.8) is 0 Å². The lowest BCUT2D eigenvalue weighted by atomic mass is 9.97. The summed E-state index contributed by atoms with van der Waals surface area (Å²) in [5.74, 6) is -0.477. The van der Waals surface area contributed by atoms with Crippen molar-refractivity contribution >= 4 is 29.3 Å². The van der Waals surface area contributed by atoms with Gasteiger partial charge >= 0.3 is 0 Å². The molecule has 6 heteroatoms. The Bertz CT molecular complexity index is 769. The molecule has 3 rings (SSSR count). The lowest BCUT2D eigenvalue weighted by Crippen LogP contribution is -2.44. The van der Waals surface area contributed by atoms with Crippen LogP contribution in [0.25, 0.3) is 0 Å². The van der Waals surface area contributed by atoms with Gasteiger partial charge in [-0.05, 0) is 37.1 Å². The highest BCUT2D eigenvalue weighted by Gasteiger charge is 2.28. The molecule has 4 nitrogen and oxygen atoms in total. The minimum absolute atomic E-state index is 0.0598. The fourth-order valence-electron chi connectivity index (χ4n) is 2.98. The molecule has 1 aliphatic heterocycles. The molecule has 136 valence electrons. The van der Waals surface area contributed by atoms with Gasteiger partial charge in [0.2, 0.25) is 11.8 Å². The summed E-state index contributed by atoms with van der Waals surface area (Å²) in [7, 11) is 0. The van der Waals surface area contributed by atoms with Gasteiger partial charge in [0.15, 0.2) is 0 Å². The van der Waals surface area contributed by atoms with Crippen molar-refractivity contribution in [2.75, 3.05) is 24.2 Å². The van der Waals surface area contributed by atoms with Crippen molar-refractivity contribution < 1.29 is 14.0 Å². The highest BCUT2D eigenvalue weighted by Crippen LogP contribution is 2.24. The first kappa shape index (κ1) is 18.5. The number of nitrogens with zero attached hydrogens (tertiary/aromatic N) is 1. The Morgan fingerprint density at radius 1 is 1.12 bits per heavy atom. The van der Waals surface area contributed by atoms with Crippen molar-refractivity contribution in [1.29, 1.82) is 0 Å². The zero-order chi connectivity index (χ0) is 18.4. The summed E-state index contributed by atoms with van der Waals surface area (Å²) in [6.45, 7) is 1.06. The van der Waals surface area contributed by atoms with Crippen molar-refractivity contribution in [2.45, 2.75) is 17.7 Å². The molecule has 2 amide bonds. The molecule has 1 fully saturated rings. The maximum absolute atomic E-state index is 13.7. The molecule has 0 aliphatic carbocycles. The van der Waals surface area contributed by atoms with Crippen LogP contribution in [0.15, 0.2) is 59.5 Å². The van der Waals surface area contributed by atoms with E-state index in [2.05, 4.69) is 5.32 Å². The first-order valence-corrected chi connectivity index (χ1v) is 9.63. The molecule has 2 aromatic rings. The molecule has 0 spiro atoms. The number of anilines is 1. The number of carbonyl (C=O) groups is 2. The number of hydrogen-bond donors (Lipinski definition) is 1. The van der Waals surface area contributed by atoms with E-state index >= 15 is 0 Å². The molecule has 2 aromatic carbocycles. The van der Waals surface area contributed by atoms with Crippen molar-refractivity contribution in [3.8, 4) is 0 Å². The summed E-state index contributed by atoms with van der Waals surface area (Å²) in [6.07, 6.45) is 1.56. The fourth-order valence-corrected chi connectivity index (χ4v) is 3.82. The third-order valence-corrected chi connectivity index (χ3v) is 5.41. The number of para-hydroxylation sites is 1. The van der Waals surface area contributed by atoms with Crippen LogP contribution in [0, 0.1) is 11.7 Å². The average molecular weight is 372 g/mol. The molecule has 1 atom stereocenters. The predicted octanol–water partition coefficient (Wildman–Crippen LogP) is 3.80. The molecular weight excluding hydrogens is 351 g/mol. The number of amides is 2. The zero-order valence-corrected chi connectivity index (χ0v) is 15.2. The summed E-state index contributed by atoms with van der Waals surface area (Å²) < 4.78 is 13.7. The number of nitrogens with one attached hydrogen (secondary N) is 1. The number of halogens is 1. The van der Waals surface area contributed by atoms with Gasteiger partial charge in [-0.3, -0.25) is 9.59 Å². The number of likely N-dealkylation sites (tertiary alicyclic amines) is 1.